The number of rotatable bonds is 4. The lowest BCUT2D eigenvalue weighted by molar-refractivity contribution is -0.139. The van der Waals surface area contributed by atoms with Crippen molar-refractivity contribution in [1.82, 2.24) is 10.2 Å². The molecular formula is C21H20N2O4. The van der Waals surface area contributed by atoms with Crippen molar-refractivity contribution in [2.24, 2.45) is 0 Å². The maximum atomic E-state index is 12.6. The molecule has 0 radical (unpaired) electrons. The van der Waals surface area contributed by atoms with Gasteiger partial charge in [0.15, 0.2) is 0 Å². The van der Waals surface area contributed by atoms with E-state index in [0.717, 1.165) is 23.3 Å². The Bertz CT molecular complexity index is 875. The third-order valence-electron chi connectivity index (χ3n) is 4.98. The van der Waals surface area contributed by atoms with E-state index in [1.165, 1.54) is 4.90 Å². The van der Waals surface area contributed by atoms with Crippen molar-refractivity contribution in [1.29, 1.82) is 0 Å². The zero-order chi connectivity index (χ0) is 18.8. The average molecular weight is 364 g/mol. The molecule has 0 aliphatic carbocycles. The minimum absolute atomic E-state index is 0.0815. The quantitative estimate of drug-likeness (QED) is 0.846. The van der Waals surface area contributed by atoms with Crippen molar-refractivity contribution in [2.75, 3.05) is 6.61 Å². The first-order chi connectivity index (χ1) is 13.1. The van der Waals surface area contributed by atoms with Crippen LogP contribution in [0.2, 0.25) is 0 Å². The van der Waals surface area contributed by atoms with Gasteiger partial charge in [-0.2, -0.15) is 0 Å². The van der Waals surface area contributed by atoms with E-state index in [-0.39, 0.29) is 43.1 Å². The van der Waals surface area contributed by atoms with Crippen molar-refractivity contribution in [3.63, 3.8) is 0 Å². The van der Waals surface area contributed by atoms with Gasteiger partial charge in [0.25, 0.3) is 5.91 Å². The predicted octanol–water partition coefficient (Wildman–Crippen LogP) is 2.59. The van der Waals surface area contributed by atoms with Crippen LogP contribution in [0.1, 0.15) is 46.8 Å². The number of likely N-dealkylation sites (tertiary alicyclic amines) is 1. The Morgan fingerprint density at radius 2 is 1.74 bits per heavy atom. The Morgan fingerprint density at radius 1 is 1.04 bits per heavy atom. The normalized spacial score (nSPS) is 18.8. The van der Waals surface area contributed by atoms with Crippen LogP contribution < -0.4 is 10.1 Å². The van der Waals surface area contributed by atoms with E-state index < -0.39 is 0 Å². The highest BCUT2D eigenvalue weighted by atomic mass is 16.5. The fourth-order valence-corrected chi connectivity index (χ4v) is 3.48. The Kier molecular flexibility index (Phi) is 4.62. The summed E-state index contributed by atoms with van der Waals surface area (Å²) >= 11 is 0. The van der Waals surface area contributed by atoms with Crippen LogP contribution in [0, 0.1) is 0 Å². The Morgan fingerprint density at radius 3 is 2.48 bits per heavy atom. The van der Waals surface area contributed by atoms with Crippen molar-refractivity contribution < 1.29 is 19.1 Å². The van der Waals surface area contributed by atoms with Gasteiger partial charge in [0.2, 0.25) is 11.8 Å². The number of para-hydroxylation sites is 1. The average Bonchev–Trinajstić information content (AvgIpc) is 3.01. The first-order valence-electron chi connectivity index (χ1n) is 9.06. The molecule has 4 rings (SSSR count). The van der Waals surface area contributed by atoms with Gasteiger partial charge in [-0.3, -0.25) is 19.3 Å². The SMILES string of the molecule is O=C(NC1CCOc2ccccc21)c1ccc(CN2C(=O)CCC2=O)cc1. The van der Waals surface area contributed by atoms with Gasteiger partial charge in [-0.15, -0.1) is 0 Å². The first-order valence-corrected chi connectivity index (χ1v) is 9.06. The van der Waals surface area contributed by atoms with E-state index >= 15 is 0 Å². The molecule has 1 N–H and O–H groups in total. The lowest BCUT2D eigenvalue weighted by Crippen LogP contribution is -2.32. The second-order valence-electron chi connectivity index (χ2n) is 6.77. The lowest BCUT2D eigenvalue weighted by atomic mass is 10.00. The maximum absolute atomic E-state index is 12.6. The fraction of sp³-hybridized carbons (Fsp3) is 0.286. The highest BCUT2D eigenvalue weighted by Crippen LogP contribution is 2.31. The molecular weight excluding hydrogens is 344 g/mol. The number of imide groups is 1. The summed E-state index contributed by atoms with van der Waals surface area (Å²) in [6.07, 6.45) is 1.29. The molecule has 27 heavy (non-hydrogen) atoms. The van der Waals surface area contributed by atoms with Crippen LogP contribution in [0.4, 0.5) is 0 Å². The monoisotopic (exact) mass is 364 g/mol. The van der Waals surface area contributed by atoms with Gasteiger partial charge in [0, 0.05) is 30.4 Å². The molecule has 138 valence electrons. The fourth-order valence-electron chi connectivity index (χ4n) is 3.48. The summed E-state index contributed by atoms with van der Waals surface area (Å²) in [5.41, 5.74) is 2.35. The minimum atomic E-state index is -0.156. The lowest BCUT2D eigenvalue weighted by Gasteiger charge is -2.26. The molecule has 1 fully saturated rings. The third-order valence-corrected chi connectivity index (χ3v) is 4.98. The molecule has 0 saturated carbocycles. The van der Waals surface area contributed by atoms with Crippen LogP contribution in [0.15, 0.2) is 48.5 Å². The second-order valence-corrected chi connectivity index (χ2v) is 6.77. The van der Waals surface area contributed by atoms with Gasteiger partial charge in [-0.25, -0.2) is 0 Å². The molecule has 2 aromatic carbocycles. The largest absolute Gasteiger partial charge is 0.493 e. The molecule has 2 aromatic rings. The minimum Gasteiger partial charge on any atom is -0.493 e. The predicted molar refractivity (Wildman–Crippen MR) is 98.0 cm³/mol. The Balaban J connectivity index is 1.43. The van der Waals surface area contributed by atoms with Gasteiger partial charge in [-0.05, 0) is 23.8 Å². The van der Waals surface area contributed by atoms with Crippen molar-refractivity contribution in [3.05, 3.63) is 65.2 Å². The number of nitrogens with one attached hydrogen (secondary N) is 1. The van der Waals surface area contributed by atoms with Crippen LogP contribution in [-0.4, -0.2) is 29.2 Å². The van der Waals surface area contributed by atoms with Crippen molar-refractivity contribution in [3.8, 4) is 5.75 Å². The number of carbonyl (C=O) groups is 3. The van der Waals surface area contributed by atoms with Gasteiger partial charge < -0.3 is 10.1 Å². The standard InChI is InChI=1S/C21H20N2O4/c24-19-9-10-20(25)23(19)13-14-5-7-15(8-6-14)21(26)22-17-11-12-27-18-4-2-1-3-16(17)18/h1-8,17H,9-13H2,(H,22,26). The highest BCUT2D eigenvalue weighted by molar-refractivity contribution is 6.01. The summed E-state index contributed by atoms with van der Waals surface area (Å²) < 4.78 is 5.63. The zero-order valence-electron chi connectivity index (χ0n) is 14.8. The number of carbonyl (C=O) groups excluding carboxylic acids is 3. The number of amides is 3. The molecule has 6 nitrogen and oxygen atoms in total. The third kappa shape index (κ3) is 3.56. The molecule has 1 atom stereocenters. The molecule has 2 aliphatic heterocycles. The summed E-state index contributed by atoms with van der Waals surface area (Å²) in [5.74, 6) is 0.376. The zero-order valence-corrected chi connectivity index (χ0v) is 14.8. The van der Waals surface area contributed by atoms with Crippen LogP contribution in [0.25, 0.3) is 0 Å². The summed E-state index contributed by atoms with van der Waals surface area (Å²) in [7, 11) is 0. The number of hydrogen-bond acceptors (Lipinski definition) is 4. The number of nitrogens with zero attached hydrogens (tertiary/aromatic N) is 1. The molecule has 0 aromatic heterocycles. The van der Waals surface area contributed by atoms with E-state index in [4.69, 9.17) is 4.74 Å². The van der Waals surface area contributed by atoms with Crippen LogP contribution in [0.3, 0.4) is 0 Å². The number of benzene rings is 2. The van der Waals surface area contributed by atoms with Gasteiger partial charge in [-0.1, -0.05) is 30.3 Å². The second kappa shape index (κ2) is 7.23. The molecule has 1 saturated heterocycles. The van der Waals surface area contributed by atoms with Gasteiger partial charge in [0.05, 0.1) is 19.2 Å². The van der Waals surface area contributed by atoms with Crippen LogP contribution in [-0.2, 0) is 16.1 Å². The smallest absolute Gasteiger partial charge is 0.251 e. The molecule has 3 amide bonds. The number of ether oxygens (including phenoxy) is 1. The van der Waals surface area contributed by atoms with E-state index in [2.05, 4.69) is 5.32 Å². The van der Waals surface area contributed by atoms with E-state index in [0.29, 0.717) is 12.2 Å². The van der Waals surface area contributed by atoms with Gasteiger partial charge >= 0.3 is 0 Å². The highest BCUT2D eigenvalue weighted by Gasteiger charge is 2.28. The number of hydrogen-bond donors (Lipinski definition) is 1. The van der Waals surface area contributed by atoms with Crippen molar-refractivity contribution in [2.45, 2.75) is 31.8 Å². The first kappa shape index (κ1) is 17.3. The van der Waals surface area contributed by atoms with E-state index in [9.17, 15) is 14.4 Å². The summed E-state index contributed by atoms with van der Waals surface area (Å²) in [5, 5.41) is 3.06. The van der Waals surface area contributed by atoms with E-state index in [1.54, 1.807) is 24.3 Å². The van der Waals surface area contributed by atoms with E-state index in [1.807, 2.05) is 24.3 Å². The topological polar surface area (TPSA) is 75.7 Å². The summed E-state index contributed by atoms with van der Waals surface area (Å²) in [6.45, 7) is 0.825. The molecule has 1 unspecified atom stereocenters. The van der Waals surface area contributed by atoms with Crippen LogP contribution in [0.5, 0.6) is 5.75 Å². The molecule has 2 heterocycles. The molecule has 2 aliphatic rings. The molecule has 0 spiro atoms. The Labute approximate surface area is 157 Å². The van der Waals surface area contributed by atoms with Gasteiger partial charge in [0.1, 0.15) is 5.75 Å². The summed E-state index contributed by atoms with van der Waals surface area (Å²) in [6, 6.07) is 14.6. The number of fused-ring (bicyclic) bond motifs is 1. The van der Waals surface area contributed by atoms with Crippen molar-refractivity contribution >= 4 is 17.7 Å². The summed E-state index contributed by atoms with van der Waals surface area (Å²) in [4.78, 5) is 37.3. The van der Waals surface area contributed by atoms with Crippen LogP contribution >= 0.6 is 0 Å². The Hall–Kier alpha value is -3.15. The molecule has 0 bridgehead atoms. The molecule has 6 heteroatoms. The maximum Gasteiger partial charge on any atom is 0.251 e.